The SMILES string of the molecule is Cc1cc(C)nc(NN2C(=O)C[C@H]([NH+]3CCN(c4ccccc4)CC3)C2=O)n1. The second-order valence-electron chi connectivity index (χ2n) is 7.39. The Morgan fingerprint density at radius 1 is 1.04 bits per heavy atom. The fraction of sp³-hybridized carbons (Fsp3) is 0.400. The predicted octanol–water partition coefficient (Wildman–Crippen LogP) is -0.0471. The topological polar surface area (TPSA) is 82.9 Å². The Bertz CT molecular complexity index is 859. The van der Waals surface area contributed by atoms with Gasteiger partial charge in [-0.05, 0) is 32.0 Å². The monoisotopic (exact) mass is 381 g/mol. The highest BCUT2D eigenvalue weighted by atomic mass is 16.2. The van der Waals surface area contributed by atoms with E-state index in [1.54, 1.807) is 0 Å². The molecular weight excluding hydrogens is 356 g/mol. The number of carbonyl (C=O) groups excluding carboxylic acids is 2. The lowest BCUT2D eigenvalue weighted by atomic mass is 10.1. The van der Waals surface area contributed by atoms with Crippen LogP contribution in [0, 0.1) is 13.8 Å². The maximum atomic E-state index is 12.9. The zero-order valence-corrected chi connectivity index (χ0v) is 16.2. The quantitative estimate of drug-likeness (QED) is 0.723. The fourth-order valence-corrected chi connectivity index (χ4v) is 3.98. The van der Waals surface area contributed by atoms with Crippen LogP contribution in [0.25, 0.3) is 0 Å². The zero-order chi connectivity index (χ0) is 19.7. The Morgan fingerprint density at radius 3 is 2.32 bits per heavy atom. The summed E-state index contributed by atoms with van der Waals surface area (Å²) < 4.78 is 0. The second kappa shape index (κ2) is 7.55. The first-order valence-electron chi connectivity index (χ1n) is 9.61. The van der Waals surface area contributed by atoms with Gasteiger partial charge in [0.2, 0.25) is 5.95 Å². The van der Waals surface area contributed by atoms with Crippen molar-refractivity contribution in [3.63, 3.8) is 0 Å². The van der Waals surface area contributed by atoms with E-state index in [2.05, 4.69) is 32.4 Å². The molecule has 0 saturated carbocycles. The van der Waals surface area contributed by atoms with Crippen LogP contribution >= 0.6 is 0 Å². The zero-order valence-electron chi connectivity index (χ0n) is 16.2. The third kappa shape index (κ3) is 3.68. The number of carbonyl (C=O) groups is 2. The van der Waals surface area contributed by atoms with Crippen LogP contribution in [-0.4, -0.2) is 59.0 Å². The van der Waals surface area contributed by atoms with Crippen LogP contribution < -0.4 is 15.2 Å². The average molecular weight is 381 g/mol. The van der Waals surface area contributed by atoms with Gasteiger partial charge in [-0.15, -0.1) is 0 Å². The van der Waals surface area contributed by atoms with Crippen LogP contribution in [0.1, 0.15) is 17.8 Å². The van der Waals surface area contributed by atoms with Gasteiger partial charge in [0.1, 0.15) is 0 Å². The van der Waals surface area contributed by atoms with Crippen LogP contribution in [0.5, 0.6) is 0 Å². The van der Waals surface area contributed by atoms with Crippen molar-refractivity contribution in [3.05, 3.63) is 47.8 Å². The molecule has 2 aliphatic rings. The molecular formula is C20H25N6O2+. The second-order valence-corrected chi connectivity index (χ2v) is 7.39. The van der Waals surface area contributed by atoms with Gasteiger partial charge in [0, 0.05) is 17.1 Å². The van der Waals surface area contributed by atoms with Crippen LogP contribution in [0.15, 0.2) is 36.4 Å². The van der Waals surface area contributed by atoms with E-state index in [9.17, 15) is 9.59 Å². The van der Waals surface area contributed by atoms with Crippen molar-refractivity contribution in [1.82, 2.24) is 15.0 Å². The molecule has 8 heteroatoms. The van der Waals surface area contributed by atoms with Crippen molar-refractivity contribution in [3.8, 4) is 0 Å². The fourth-order valence-electron chi connectivity index (χ4n) is 3.98. The smallest absolute Gasteiger partial charge is 0.306 e. The summed E-state index contributed by atoms with van der Waals surface area (Å²) in [5, 5.41) is 1.09. The molecule has 28 heavy (non-hydrogen) atoms. The Balaban J connectivity index is 1.40. The third-order valence-corrected chi connectivity index (χ3v) is 5.36. The van der Waals surface area contributed by atoms with Crippen molar-refractivity contribution in [2.45, 2.75) is 26.3 Å². The molecule has 1 atom stereocenters. The van der Waals surface area contributed by atoms with E-state index in [0.29, 0.717) is 0 Å². The van der Waals surface area contributed by atoms with Gasteiger partial charge < -0.3 is 9.80 Å². The van der Waals surface area contributed by atoms with Gasteiger partial charge in [-0.1, -0.05) is 18.2 Å². The van der Waals surface area contributed by atoms with Crippen molar-refractivity contribution in [2.75, 3.05) is 36.5 Å². The molecule has 8 nitrogen and oxygen atoms in total. The number of anilines is 2. The Morgan fingerprint density at radius 2 is 1.68 bits per heavy atom. The van der Waals surface area contributed by atoms with Gasteiger partial charge in [0.15, 0.2) is 6.04 Å². The molecule has 3 heterocycles. The number of amides is 2. The molecule has 2 aliphatic heterocycles. The molecule has 0 spiro atoms. The van der Waals surface area contributed by atoms with Crippen LogP contribution in [0.2, 0.25) is 0 Å². The highest BCUT2D eigenvalue weighted by Crippen LogP contribution is 2.15. The summed E-state index contributed by atoms with van der Waals surface area (Å²) in [4.78, 5) is 37.4. The summed E-state index contributed by atoms with van der Waals surface area (Å²) >= 11 is 0. The lowest BCUT2D eigenvalue weighted by Gasteiger charge is -2.35. The van der Waals surface area contributed by atoms with Crippen molar-refractivity contribution >= 4 is 23.5 Å². The Hall–Kier alpha value is -3.00. The van der Waals surface area contributed by atoms with Gasteiger partial charge in [-0.25, -0.2) is 9.97 Å². The number of aromatic nitrogens is 2. The minimum Gasteiger partial charge on any atom is -0.360 e. The van der Waals surface area contributed by atoms with Crippen LogP contribution in [0.4, 0.5) is 11.6 Å². The number of aryl methyl sites for hydroxylation is 2. The molecule has 2 N–H and O–H groups in total. The number of piperazine rings is 1. The van der Waals surface area contributed by atoms with E-state index in [-0.39, 0.29) is 30.2 Å². The van der Waals surface area contributed by atoms with Gasteiger partial charge in [0.25, 0.3) is 5.91 Å². The highest BCUT2D eigenvalue weighted by molar-refractivity contribution is 6.05. The maximum absolute atomic E-state index is 12.9. The van der Waals surface area contributed by atoms with E-state index in [4.69, 9.17) is 0 Å². The first-order valence-corrected chi connectivity index (χ1v) is 9.61. The number of rotatable bonds is 4. The maximum Gasteiger partial charge on any atom is 0.306 e. The highest BCUT2D eigenvalue weighted by Gasteiger charge is 2.46. The number of nitrogens with one attached hydrogen (secondary N) is 2. The van der Waals surface area contributed by atoms with E-state index in [1.165, 1.54) is 5.69 Å². The number of nitrogens with zero attached hydrogens (tertiary/aromatic N) is 4. The molecule has 2 amide bonds. The first-order chi connectivity index (χ1) is 13.5. The summed E-state index contributed by atoms with van der Waals surface area (Å²) in [6, 6.07) is 11.8. The Kier molecular flexibility index (Phi) is 4.95. The van der Waals surface area contributed by atoms with Gasteiger partial charge >= 0.3 is 5.91 Å². The Labute approximate surface area is 164 Å². The van der Waals surface area contributed by atoms with Crippen molar-refractivity contribution in [2.24, 2.45) is 0 Å². The molecule has 0 bridgehead atoms. The number of hydrazine groups is 1. The largest absolute Gasteiger partial charge is 0.360 e. The average Bonchev–Trinajstić information content (AvgIpc) is 2.96. The predicted molar refractivity (Wildman–Crippen MR) is 105 cm³/mol. The number of para-hydroxylation sites is 1. The number of benzene rings is 1. The molecule has 4 rings (SSSR count). The van der Waals surface area contributed by atoms with Gasteiger partial charge in [0.05, 0.1) is 32.6 Å². The molecule has 2 saturated heterocycles. The normalized spacial score (nSPS) is 20.7. The minimum absolute atomic E-state index is 0.198. The van der Waals surface area contributed by atoms with Crippen molar-refractivity contribution in [1.29, 1.82) is 0 Å². The van der Waals surface area contributed by atoms with Crippen molar-refractivity contribution < 1.29 is 14.5 Å². The van der Waals surface area contributed by atoms with Gasteiger partial charge in [-0.3, -0.25) is 15.0 Å². The number of quaternary nitrogens is 1. The minimum atomic E-state index is -0.344. The molecule has 2 fully saturated rings. The summed E-state index contributed by atoms with van der Waals surface area (Å²) in [6.45, 7) is 7.09. The van der Waals surface area contributed by atoms with Crippen LogP contribution in [0.3, 0.4) is 0 Å². The van der Waals surface area contributed by atoms with Gasteiger partial charge in [-0.2, -0.15) is 5.01 Å². The number of hydrogen-bond acceptors (Lipinski definition) is 6. The standard InChI is InChI=1S/C20H24N6O2/c1-14-12-15(2)22-20(21-14)23-26-18(27)13-17(19(26)28)25-10-8-24(9-11-25)16-6-4-3-5-7-16/h3-7,12,17H,8-11,13H2,1-2H3,(H,21,22,23)/p+1/t17-/m0/s1. The lowest BCUT2D eigenvalue weighted by molar-refractivity contribution is -0.915. The summed E-state index contributed by atoms with van der Waals surface area (Å²) in [5.41, 5.74) is 5.58. The molecule has 146 valence electrons. The molecule has 0 unspecified atom stereocenters. The van der Waals surface area contributed by atoms with E-state index in [1.807, 2.05) is 38.1 Å². The molecule has 1 aromatic heterocycles. The lowest BCUT2D eigenvalue weighted by Crippen LogP contribution is -3.19. The number of hydrogen-bond donors (Lipinski definition) is 2. The summed E-state index contributed by atoms with van der Waals surface area (Å²) in [5.74, 6) is -0.143. The molecule has 1 aromatic carbocycles. The van der Waals surface area contributed by atoms with E-state index in [0.717, 1.165) is 47.5 Å². The third-order valence-electron chi connectivity index (χ3n) is 5.36. The summed E-state index contributed by atoms with van der Waals surface area (Å²) in [6.07, 6.45) is 0.220. The van der Waals surface area contributed by atoms with Crippen LogP contribution in [-0.2, 0) is 9.59 Å². The molecule has 0 aliphatic carbocycles. The summed E-state index contributed by atoms with van der Waals surface area (Å²) in [7, 11) is 0. The molecule has 0 radical (unpaired) electrons. The van der Waals surface area contributed by atoms with E-state index < -0.39 is 0 Å². The van der Waals surface area contributed by atoms with E-state index >= 15 is 0 Å². The molecule has 2 aromatic rings. The number of imide groups is 1. The first kappa shape index (κ1) is 18.4.